The summed E-state index contributed by atoms with van der Waals surface area (Å²) >= 11 is 0. The molecule has 1 fully saturated rings. The second kappa shape index (κ2) is 6.39. The zero-order valence-electron chi connectivity index (χ0n) is 12.1. The Balaban J connectivity index is 2.15. The summed E-state index contributed by atoms with van der Waals surface area (Å²) in [7, 11) is 1.91. The minimum atomic E-state index is -2.49. The molecule has 112 valence electrons. The predicted octanol–water partition coefficient (Wildman–Crippen LogP) is 3.13. The molecule has 0 radical (unpaired) electrons. The van der Waals surface area contributed by atoms with Gasteiger partial charge in [-0.2, -0.15) is 0 Å². The Morgan fingerprint density at radius 2 is 2.00 bits per heavy atom. The standard InChI is InChI=1S/C15H23F2N3/c1-3-20-8-6-12(7-9-20)19(2)14-5-4-11(18)10-13(14)15(16)17/h4-5,10,12,15H,3,6-9,18H2,1-2H3. The third-order valence-electron chi connectivity index (χ3n) is 4.22. The van der Waals surface area contributed by atoms with E-state index >= 15 is 0 Å². The Kier molecular flexibility index (Phi) is 4.81. The topological polar surface area (TPSA) is 32.5 Å². The van der Waals surface area contributed by atoms with Crippen LogP contribution in [0, 0.1) is 0 Å². The van der Waals surface area contributed by atoms with Gasteiger partial charge in [0, 0.05) is 43.1 Å². The van der Waals surface area contributed by atoms with Crippen molar-refractivity contribution >= 4 is 11.4 Å². The fraction of sp³-hybridized carbons (Fsp3) is 0.600. The molecule has 0 spiro atoms. The van der Waals surface area contributed by atoms with Gasteiger partial charge in [-0.25, -0.2) is 8.78 Å². The van der Waals surface area contributed by atoms with Gasteiger partial charge in [-0.15, -0.1) is 0 Å². The molecule has 3 nitrogen and oxygen atoms in total. The van der Waals surface area contributed by atoms with E-state index < -0.39 is 6.43 Å². The summed E-state index contributed by atoms with van der Waals surface area (Å²) in [4.78, 5) is 4.38. The van der Waals surface area contributed by atoms with E-state index in [0.29, 0.717) is 17.4 Å². The van der Waals surface area contributed by atoms with E-state index in [2.05, 4.69) is 11.8 Å². The zero-order valence-corrected chi connectivity index (χ0v) is 12.1. The van der Waals surface area contributed by atoms with Crippen molar-refractivity contribution in [1.29, 1.82) is 0 Å². The predicted molar refractivity (Wildman–Crippen MR) is 79.4 cm³/mol. The molecule has 0 amide bonds. The molecule has 1 heterocycles. The minimum absolute atomic E-state index is 0.0328. The van der Waals surface area contributed by atoms with Gasteiger partial charge >= 0.3 is 0 Å². The van der Waals surface area contributed by atoms with Crippen LogP contribution in [0.3, 0.4) is 0 Å². The van der Waals surface area contributed by atoms with E-state index in [-0.39, 0.29) is 5.56 Å². The van der Waals surface area contributed by atoms with E-state index in [1.807, 2.05) is 11.9 Å². The SMILES string of the molecule is CCN1CCC(N(C)c2ccc(N)cc2C(F)F)CC1. The Hall–Kier alpha value is -1.36. The Morgan fingerprint density at radius 3 is 2.55 bits per heavy atom. The number of benzene rings is 1. The summed E-state index contributed by atoms with van der Waals surface area (Å²) in [5, 5.41) is 0. The van der Waals surface area contributed by atoms with Crippen LogP contribution in [0.25, 0.3) is 0 Å². The molecule has 1 aromatic carbocycles. The van der Waals surface area contributed by atoms with Crippen molar-refractivity contribution in [2.24, 2.45) is 0 Å². The van der Waals surface area contributed by atoms with Crippen LogP contribution in [0.1, 0.15) is 31.8 Å². The number of rotatable bonds is 4. The van der Waals surface area contributed by atoms with Crippen LogP contribution in [0.2, 0.25) is 0 Å². The number of likely N-dealkylation sites (tertiary alicyclic amines) is 1. The first-order valence-corrected chi connectivity index (χ1v) is 7.15. The van der Waals surface area contributed by atoms with Crippen LogP contribution in [0.15, 0.2) is 18.2 Å². The molecule has 0 saturated carbocycles. The first-order chi connectivity index (χ1) is 9.52. The molecular weight excluding hydrogens is 260 g/mol. The molecule has 0 aliphatic carbocycles. The lowest BCUT2D eigenvalue weighted by molar-refractivity contribution is 0.151. The molecule has 1 aliphatic heterocycles. The van der Waals surface area contributed by atoms with Crippen molar-refractivity contribution in [1.82, 2.24) is 4.90 Å². The molecule has 2 N–H and O–H groups in total. The normalized spacial score (nSPS) is 17.6. The molecule has 0 bridgehead atoms. The number of piperidine rings is 1. The molecule has 1 saturated heterocycles. The number of anilines is 2. The van der Waals surface area contributed by atoms with Gasteiger partial charge in [0.2, 0.25) is 0 Å². The van der Waals surface area contributed by atoms with Gasteiger partial charge in [0.1, 0.15) is 0 Å². The lowest BCUT2D eigenvalue weighted by Crippen LogP contribution is -2.43. The van der Waals surface area contributed by atoms with Crippen molar-refractivity contribution in [2.75, 3.05) is 37.3 Å². The van der Waals surface area contributed by atoms with Gasteiger partial charge in [0.15, 0.2) is 0 Å². The van der Waals surface area contributed by atoms with Gasteiger partial charge in [-0.1, -0.05) is 6.92 Å². The fourth-order valence-corrected chi connectivity index (χ4v) is 2.89. The highest BCUT2D eigenvalue weighted by Crippen LogP contribution is 2.33. The van der Waals surface area contributed by atoms with E-state index in [9.17, 15) is 8.78 Å². The van der Waals surface area contributed by atoms with Gasteiger partial charge in [0.25, 0.3) is 6.43 Å². The zero-order chi connectivity index (χ0) is 14.7. The lowest BCUT2D eigenvalue weighted by Gasteiger charge is -2.38. The first-order valence-electron chi connectivity index (χ1n) is 7.15. The molecule has 0 unspecified atom stereocenters. The van der Waals surface area contributed by atoms with E-state index in [1.165, 1.54) is 6.07 Å². The van der Waals surface area contributed by atoms with E-state index in [4.69, 9.17) is 5.73 Å². The third kappa shape index (κ3) is 3.20. The monoisotopic (exact) mass is 283 g/mol. The largest absolute Gasteiger partial charge is 0.399 e. The third-order valence-corrected chi connectivity index (χ3v) is 4.22. The van der Waals surface area contributed by atoms with Crippen molar-refractivity contribution in [3.05, 3.63) is 23.8 Å². The van der Waals surface area contributed by atoms with E-state index in [0.717, 1.165) is 32.5 Å². The molecule has 1 aliphatic rings. The second-order valence-electron chi connectivity index (χ2n) is 5.40. The summed E-state index contributed by atoms with van der Waals surface area (Å²) in [5.74, 6) is 0. The molecule has 5 heteroatoms. The lowest BCUT2D eigenvalue weighted by atomic mass is 10.0. The Morgan fingerprint density at radius 1 is 1.35 bits per heavy atom. The Bertz CT molecular complexity index is 443. The highest BCUT2D eigenvalue weighted by Gasteiger charge is 2.25. The maximum atomic E-state index is 13.2. The van der Waals surface area contributed by atoms with Crippen LogP contribution >= 0.6 is 0 Å². The molecule has 0 atom stereocenters. The second-order valence-corrected chi connectivity index (χ2v) is 5.40. The van der Waals surface area contributed by atoms with Crippen molar-refractivity contribution in [3.63, 3.8) is 0 Å². The number of alkyl halides is 2. The minimum Gasteiger partial charge on any atom is -0.399 e. The maximum absolute atomic E-state index is 13.2. The first kappa shape index (κ1) is 15.0. The average molecular weight is 283 g/mol. The van der Waals surface area contributed by atoms with Gasteiger partial charge in [0.05, 0.1) is 0 Å². The number of halogens is 2. The number of hydrogen-bond acceptors (Lipinski definition) is 3. The van der Waals surface area contributed by atoms with Crippen LogP contribution < -0.4 is 10.6 Å². The molecular formula is C15H23F2N3. The number of nitrogens with two attached hydrogens (primary N) is 1. The van der Waals surface area contributed by atoms with Crippen LogP contribution in [0.5, 0.6) is 0 Å². The maximum Gasteiger partial charge on any atom is 0.265 e. The highest BCUT2D eigenvalue weighted by atomic mass is 19.3. The summed E-state index contributed by atoms with van der Waals surface area (Å²) < 4.78 is 26.3. The van der Waals surface area contributed by atoms with Gasteiger partial charge in [-0.05, 0) is 37.6 Å². The summed E-state index contributed by atoms with van der Waals surface area (Å²) in [5.41, 5.74) is 6.64. The van der Waals surface area contributed by atoms with Crippen molar-refractivity contribution in [3.8, 4) is 0 Å². The van der Waals surface area contributed by atoms with Gasteiger partial charge < -0.3 is 15.5 Å². The number of nitrogens with zero attached hydrogens (tertiary/aromatic N) is 2. The molecule has 2 rings (SSSR count). The smallest absolute Gasteiger partial charge is 0.265 e. The van der Waals surface area contributed by atoms with Crippen molar-refractivity contribution < 1.29 is 8.78 Å². The number of nitrogen functional groups attached to an aromatic ring is 1. The van der Waals surface area contributed by atoms with Crippen LogP contribution in [-0.4, -0.2) is 37.6 Å². The summed E-state index contributed by atoms with van der Waals surface area (Å²) in [6.45, 7) is 5.27. The highest BCUT2D eigenvalue weighted by molar-refractivity contribution is 5.60. The Labute approximate surface area is 119 Å². The molecule has 1 aromatic rings. The van der Waals surface area contributed by atoms with Crippen LogP contribution in [0.4, 0.5) is 20.2 Å². The van der Waals surface area contributed by atoms with Crippen molar-refractivity contribution in [2.45, 2.75) is 32.2 Å². The quantitative estimate of drug-likeness (QED) is 0.862. The van der Waals surface area contributed by atoms with E-state index in [1.54, 1.807) is 12.1 Å². The van der Waals surface area contributed by atoms with Crippen LogP contribution in [-0.2, 0) is 0 Å². The average Bonchev–Trinajstić information content (AvgIpc) is 2.46. The molecule has 20 heavy (non-hydrogen) atoms. The fourth-order valence-electron chi connectivity index (χ4n) is 2.89. The molecule has 0 aromatic heterocycles. The summed E-state index contributed by atoms with van der Waals surface area (Å²) in [6.07, 6.45) is -0.471. The van der Waals surface area contributed by atoms with Gasteiger partial charge in [-0.3, -0.25) is 0 Å². The summed E-state index contributed by atoms with van der Waals surface area (Å²) in [6, 6.07) is 5.11. The number of hydrogen-bond donors (Lipinski definition) is 1.